The molecule has 1 aromatic heterocycles. The summed E-state index contributed by atoms with van der Waals surface area (Å²) in [5, 5.41) is 5.05. The highest BCUT2D eigenvalue weighted by molar-refractivity contribution is 6.25. The summed E-state index contributed by atoms with van der Waals surface area (Å²) in [6.07, 6.45) is 0. The molecule has 9 aromatic rings. The number of hydrogen-bond donors (Lipinski definition) is 0. The van der Waals surface area contributed by atoms with Gasteiger partial charge in [-0.15, -0.1) is 0 Å². The minimum atomic E-state index is -0.615. The first-order chi connectivity index (χ1) is 26.1. The van der Waals surface area contributed by atoms with Crippen molar-refractivity contribution in [2.45, 2.75) is 0 Å². The molecule has 1 heteroatoms. The van der Waals surface area contributed by atoms with E-state index < -0.39 is 42.3 Å². The van der Waals surface area contributed by atoms with Gasteiger partial charge in [-0.3, -0.25) is 0 Å². The number of hydrogen-bond acceptors (Lipinski definition) is 1. The largest absolute Gasteiger partial charge is 0.456 e. The highest BCUT2D eigenvalue weighted by Crippen LogP contribution is 2.49. The van der Waals surface area contributed by atoms with Gasteiger partial charge in [-0.25, -0.2) is 0 Å². The molecule has 0 amide bonds. The first-order valence-corrected chi connectivity index (χ1v) is 14.7. The minimum Gasteiger partial charge on any atom is -0.456 e. The molecule has 0 spiro atoms. The van der Waals surface area contributed by atoms with Gasteiger partial charge in [0, 0.05) is 16.3 Å². The Morgan fingerprint density at radius 3 is 1.56 bits per heavy atom. The standard InChI is InChI=1S/C44H28O/c1-3-13-29(14-4-1)30-23-25-32(26-24-30)41-33-17-7-9-19-35(33)43(36-20-10-8-18-34(36)41)38-27-28-40-44(37-21-11-12-22-39(37)45-40)42(38)31-15-5-2-6-16-31/h1-28H/i1D,3D,4D,13D,14D,23D,24D,25D,26D. The molecule has 210 valence electrons. The van der Waals surface area contributed by atoms with Gasteiger partial charge in [-0.05, 0) is 78.7 Å². The fourth-order valence-electron chi connectivity index (χ4n) is 6.56. The molecule has 0 radical (unpaired) electrons. The number of para-hydroxylation sites is 1. The lowest BCUT2D eigenvalue weighted by Gasteiger charge is -2.20. The first-order valence-electron chi connectivity index (χ1n) is 19.2. The van der Waals surface area contributed by atoms with Gasteiger partial charge in [0.1, 0.15) is 11.2 Å². The zero-order valence-corrected chi connectivity index (χ0v) is 23.9. The summed E-state index contributed by atoms with van der Waals surface area (Å²) >= 11 is 0. The lowest BCUT2D eigenvalue weighted by molar-refractivity contribution is 0.669. The summed E-state index contributed by atoms with van der Waals surface area (Å²) < 4.78 is 84.9. The number of rotatable bonds is 4. The van der Waals surface area contributed by atoms with E-state index in [9.17, 15) is 2.74 Å². The van der Waals surface area contributed by atoms with E-state index in [1.165, 1.54) is 0 Å². The van der Waals surface area contributed by atoms with Crippen LogP contribution in [-0.2, 0) is 0 Å². The second kappa shape index (κ2) is 10.4. The maximum Gasteiger partial charge on any atom is 0.136 e. The van der Waals surface area contributed by atoms with Gasteiger partial charge < -0.3 is 4.42 Å². The molecule has 0 unspecified atom stereocenters. The van der Waals surface area contributed by atoms with Crippen molar-refractivity contribution in [1.29, 1.82) is 0 Å². The molecule has 0 saturated heterocycles. The highest BCUT2D eigenvalue weighted by Gasteiger charge is 2.22. The van der Waals surface area contributed by atoms with Crippen LogP contribution < -0.4 is 0 Å². The average molecular weight is 582 g/mol. The molecule has 0 aliphatic carbocycles. The molecule has 8 aromatic carbocycles. The smallest absolute Gasteiger partial charge is 0.136 e. The van der Waals surface area contributed by atoms with Crippen molar-refractivity contribution in [1.82, 2.24) is 0 Å². The second-order valence-corrected chi connectivity index (χ2v) is 10.9. The summed E-state index contributed by atoms with van der Waals surface area (Å²) in [6.45, 7) is 0. The normalized spacial score (nSPS) is 14.4. The summed E-state index contributed by atoms with van der Waals surface area (Å²) in [4.78, 5) is 0. The van der Waals surface area contributed by atoms with Gasteiger partial charge >= 0.3 is 0 Å². The van der Waals surface area contributed by atoms with Crippen molar-refractivity contribution in [3.8, 4) is 44.5 Å². The monoisotopic (exact) mass is 581 g/mol. The predicted molar refractivity (Wildman–Crippen MR) is 190 cm³/mol. The van der Waals surface area contributed by atoms with Crippen LogP contribution >= 0.6 is 0 Å². The molecular formula is C44H28O. The summed E-state index contributed by atoms with van der Waals surface area (Å²) in [5.41, 5.74) is 5.27. The van der Waals surface area contributed by atoms with Gasteiger partial charge in [-0.1, -0.05) is 151 Å². The summed E-state index contributed by atoms with van der Waals surface area (Å²) in [7, 11) is 0. The fourth-order valence-corrected chi connectivity index (χ4v) is 6.56. The van der Waals surface area contributed by atoms with Crippen LogP contribution in [0.15, 0.2) is 174 Å². The van der Waals surface area contributed by atoms with E-state index in [4.69, 9.17) is 14.0 Å². The van der Waals surface area contributed by atoms with Crippen LogP contribution in [0.1, 0.15) is 12.3 Å². The van der Waals surface area contributed by atoms with E-state index in [1.807, 2.05) is 91.0 Å². The second-order valence-electron chi connectivity index (χ2n) is 10.9. The molecule has 45 heavy (non-hydrogen) atoms. The Kier molecular flexibility index (Phi) is 4.15. The van der Waals surface area contributed by atoms with Gasteiger partial charge in [0.25, 0.3) is 0 Å². The van der Waals surface area contributed by atoms with Crippen molar-refractivity contribution < 1.29 is 16.8 Å². The van der Waals surface area contributed by atoms with Gasteiger partial charge in [0.2, 0.25) is 0 Å². The third-order valence-corrected chi connectivity index (χ3v) is 8.43. The van der Waals surface area contributed by atoms with Crippen LogP contribution in [0.4, 0.5) is 0 Å². The Hall–Kier alpha value is -5.92. The predicted octanol–water partition coefficient (Wildman–Crippen LogP) is 12.6. The van der Waals surface area contributed by atoms with E-state index in [0.29, 0.717) is 16.3 Å². The van der Waals surface area contributed by atoms with E-state index in [2.05, 4.69) is 24.3 Å². The lowest BCUT2D eigenvalue weighted by Crippen LogP contribution is -1.93. The molecular weight excluding hydrogens is 544 g/mol. The zero-order valence-electron chi connectivity index (χ0n) is 32.9. The Morgan fingerprint density at radius 2 is 0.889 bits per heavy atom. The maximum atomic E-state index is 9.36. The van der Waals surface area contributed by atoms with Crippen molar-refractivity contribution >= 4 is 43.5 Å². The van der Waals surface area contributed by atoms with Crippen molar-refractivity contribution in [2.75, 3.05) is 0 Å². The Balaban J connectivity index is 1.41. The van der Waals surface area contributed by atoms with Gasteiger partial charge in [0.05, 0.1) is 12.3 Å². The van der Waals surface area contributed by atoms with Crippen LogP contribution in [0.5, 0.6) is 0 Å². The molecule has 0 aliphatic heterocycles. The maximum absolute atomic E-state index is 9.36. The molecule has 9 rings (SSSR count). The van der Waals surface area contributed by atoms with E-state index in [1.54, 1.807) is 0 Å². The van der Waals surface area contributed by atoms with Crippen LogP contribution in [0.3, 0.4) is 0 Å². The number of fused-ring (bicyclic) bond motifs is 5. The van der Waals surface area contributed by atoms with Crippen molar-refractivity contribution in [3.63, 3.8) is 0 Å². The van der Waals surface area contributed by atoms with Crippen LogP contribution in [0.25, 0.3) is 88.0 Å². The van der Waals surface area contributed by atoms with Crippen molar-refractivity contribution in [3.05, 3.63) is 170 Å². The topological polar surface area (TPSA) is 13.1 Å². The van der Waals surface area contributed by atoms with E-state index >= 15 is 0 Å². The van der Waals surface area contributed by atoms with E-state index in [-0.39, 0.29) is 28.8 Å². The molecule has 0 aliphatic rings. The number of furan rings is 1. The molecule has 0 saturated carbocycles. The molecule has 1 heterocycles. The minimum absolute atomic E-state index is 0.0552. The van der Waals surface area contributed by atoms with Gasteiger partial charge in [-0.2, -0.15) is 0 Å². The summed E-state index contributed by atoms with van der Waals surface area (Å²) in [5.74, 6) is 0. The fraction of sp³-hybridized carbons (Fsp3) is 0. The highest BCUT2D eigenvalue weighted by atomic mass is 16.3. The zero-order chi connectivity index (χ0) is 37.6. The Bertz CT molecular complexity index is 2930. The van der Waals surface area contributed by atoms with Crippen LogP contribution in [0, 0.1) is 0 Å². The van der Waals surface area contributed by atoms with Crippen LogP contribution in [0.2, 0.25) is 0 Å². The molecule has 0 N–H and O–H groups in total. The van der Waals surface area contributed by atoms with E-state index in [0.717, 1.165) is 55.0 Å². The lowest BCUT2D eigenvalue weighted by atomic mass is 9.82. The third-order valence-electron chi connectivity index (χ3n) is 8.43. The van der Waals surface area contributed by atoms with Crippen LogP contribution in [-0.4, -0.2) is 0 Å². The molecule has 0 bridgehead atoms. The Morgan fingerprint density at radius 1 is 0.356 bits per heavy atom. The number of benzene rings is 8. The SMILES string of the molecule is [2H]c1c([2H])c([2H])c(-c2c([2H])c([2H])c(-c3c4ccccc4c(-c4ccc5oc6ccccc6c5c4-c4ccccc4)c4ccccc34)c([2H])c2[2H])c([2H])c1[2H]. The van der Waals surface area contributed by atoms with Crippen molar-refractivity contribution in [2.24, 2.45) is 0 Å². The first kappa shape index (κ1) is 18.0. The summed E-state index contributed by atoms with van der Waals surface area (Å²) in [6, 6.07) is 33.0. The molecule has 0 atom stereocenters. The van der Waals surface area contributed by atoms with Gasteiger partial charge in [0.15, 0.2) is 0 Å². The third kappa shape index (κ3) is 4.09. The molecule has 1 nitrogen and oxygen atoms in total. The molecule has 0 fully saturated rings. The quantitative estimate of drug-likeness (QED) is 0.188. The average Bonchev–Trinajstić information content (AvgIpc) is 3.58. The Labute approximate surface area is 274 Å².